The third kappa shape index (κ3) is 6.05. The summed E-state index contributed by atoms with van der Waals surface area (Å²) in [6.07, 6.45) is 8.23. The van der Waals surface area contributed by atoms with Crippen molar-refractivity contribution in [2.24, 2.45) is 0 Å². The van der Waals surface area contributed by atoms with E-state index in [2.05, 4.69) is 222 Å². The van der Waals surface area contributed by atoms with Gasteiger partial charge < -0.3 is 9.47 Å². The third-order valence-electron chi connectivity index (χ3n) is 11.1. The van der Waals surface area contributed by atoms with E-state index < -0.39 is 0 Å². The Morgan fingerprint density at radius 3 is 2.07 bits per heavy atom. The standard InChI is InChI=1S/C55H40N2S/c1-3-5-18-38(4-2)45-23-11-14-28-50(45)56(44-35-33-40(34-36-44)42-32-31-39-19-9-10-20-41(39)37-42)51-29-15-12-24-46(51)47-26-17-27-49-53-55(58-54(47)49)48-25-13-16-30-52(48)57(53)43-21-7-6-8-22-43/h3-37H,2H2,1H3/b5-3-,38-18+. The van der Waals surface area contributed by atoms with Gasteiger partial charge in [-0.3, -0.25) is 0 Å². The Bertz CT molecular complexity index is 3200. The summed E-state index contributed by atoms with van der Waals surface area (Å²) in [7, 11) is 0. The van der Waals surface area contributed by atoms with Gasteiger partial charge in [-0.05, 0) is 82.9 Å². The van der Waals surface area contributed by atoms with Gasteiger partial charge in [0.25, 0.3) is 0 Å². The van der Waals surface area contributed by atoms with Gasteiger partial charge in [-0.15, -0.1) is 11.3 Å². The molecule has 3 heteroatoms. The van der Waals surface area contributed by atoms with Crippen LogP contribution < -0.4 is 4.90 Å². The number of hydrogen-bond acceptors (Lipinski definition) is 2. The second-order valence-electron chi connectivity index (χ2n) is 14.5. The normalized spacial score (nSPS) is 12.0. The van der Waals surface area contributed by atoms with Crippen molar-refractivity contribution >= 4 is 76.0 Å². The summed E-state index contributed by atoms with van der Waals surface area (Å²) < 4.78 is 5.01. The van der Waals surface area contributed by atoms with Crippen LogP contribution in [0.5, 0.6) is 0 Å². The fourth-order valence-electron chi connectivity index (χ4n) is 8.41. The molecule has 0 spiro atoms. The predicted molar refractivity (Wildman–Crippen MR) is 252 cm³/mol. The van der Waals surface area contributed by atoms with Crippen molar-refractivity contribution in [3.05, 3.63) is 225 Å². The number of anilines is 3. The van der Waals surface area contributed by atoms with Crippen molar-refractivity contribution in [1.82, 2.24) is 4.57 Å². The lowest BCUT2D eigenvalue weighted by Crippen LogP contribution is -2.13. The molecule has 0 atom stereocenters. The number of aromatic nitrogens is 1. The van der Waals surface area contributed by atoms with E-state index in [1.54, 1.807) is 0 Å². The number of para-hydroxylation sites is 4. The summed E-state index contributed by atoms with van der Waals surface area (Å²) in [6.45, 7) is 6.29. The topological polar surface area (TPSA) is 8.17 Å². The van der Waals surface area contributed by atoms with Gasteiger partial charge >= 0.3 is 0 Å². The maximum absolute atomic E-state index is 4.25. The van der Waals surface area contributed by atoms with Crippen LogP contribution in [0.3, 0.4) is 0 Å². The second kappa shape index (κ2) is 15.0. The Kier molecular flexibility index (Phi) is 9.14. The molecule has 0 bridgehead atoms. The van der Waals surface area contributed by atoms with Crippen molar-refractivity contribution in [3.8, 4) is 27.9 Å². The fraction of sp³-hybridized carbons (Fsp3) is 0.0182. The Morgan fingerprint density at radius 1 is 0.569 bits per heavy atom. The summed E-state index contributed by atoms with van der Waals surface area (Å²) in [6, 6.07) is 68.2. The average Bonchev–Trinajstić information content (AvgIpc) is 3.83. The minimum absolute atomic E-state index is 1.06. The van der Waals surface area contributed by atoms with Crippen molar-refractivity contribution in [2.45, 2.75) is 6.92 Å². The minimum Gasteiger partial charge on any atom is -0.309 e. The lowest BCUT2D eigenvalue weighted by Gasteiger charge is -2.30. The number of allylic oxidation sites excluding steroid dienone is 5. The van der Waals surface area contributed by atoms with Crippen LogP contribution in [0, 0.1) is 0 Å². The zero-order valence-electron chi connectivity index (χ0n) is 32.2. The number of rotatable bonds is 9. The molecular weight excluding hydrogens is 721 g/mol. The van der Waals surface area contributed by atoms with Crippen LogP contribution in [0.4, 0.5) is 17.1 Å². The highest BCUT2D eigenvalue weighted by molar-refractivity contribution is 7.27. The lowest BCUT2D eigenvalue weighted by molar-refractivity contribution is 1.19. The van der Waals surface area contributed by atoms with Crippen molar-refractivity contribution in [2.75, 3.05) is 4.90 Å². The molecular formula is C55H40N2S. The Balaban J connectivity index is 1.19. The predicted octanol–water partition coefficient (Wildman–Crippen LogP) is 16.1. The first-order valence-corrected chi connectivity index (χ1v) is 20.6. The van der Waals surface area contributed by atoms with E-state index in [0.717, 1.165) is 33.9 Å². The molecule has 2 aromatic heterocycles. The van der Waals surface area contributed by atoms with Gasteiger partial charge in [0.15, 0.2) is 0 Å². The molecule has 10 rings (SSSR count). The van der Waals surface area contributed by atoms with Crippen molar-refractivity contribution in [1.29, 1.82) is 0 Å². The molecule has 58 heavy (non-hydrogen) atoms. The molecule has 0 aliphatic carbocycles. The Labute approximate surface area is 343 Å². The summed E-state index contributed by atoms with van der Waals surface area (Å²) in [5.74, 6) is 0. The zero-order valence-corrected chi connectivity index (χ0v) is 33.0. The zero-order chi connectivity index (χ0) is 39.0. The molecule has 0 N–H and O–H groups in total. The van der Waals surface area contributed by atoms with Gasteiger partial charge in [0.1, 0.15) is 0 Å². The van der Waals surface area contributed by atoms with Crippen LogP contribution in [0.25, 0.3) is 75.5 Å². The van der Waals surface area contributed by atoms with Gasteiger partial charge in [-0.1, -0.05) is 170 Å². The summed E-state index contributed by atoms with van der Waals surface area (Å²) in [5.41, 5.74) is 13.8. The molecule has 0 saturated carbocycles. The van der Waals surface area contributed by atoms with Crippen LogP contribution in [-0.4, -0.2) is 4.57 Å². The maximum atomic E-state index is 4.25. The highest BCUT2D eigenvalue weighted by Gasteiger charge is 2.24. The number of thiophene rings is 1. The van der Waals surface area contributed by atoms with Gasteiger partial charge in [-0.2, -0.15) is 0 Å². The van der Waals surface area contributed by atoms with Crippen LogP contribution in [-0.2, 0) is 0 Å². The molecule has 0 amide bonds. The number of nitrogens with zero attached hydrogens (tertiary/aromatic N) is 2. The summed E-state index contributed by atoms with van der Waals surface area (Å²) in [5, 5.41) is 5.01. The Morgan fingerprint density at radius 2 is 1.24 bits per heavy atom. The molecule has 0 aliphatic heterocycles. The van der Waals surface area contributed by atoms with E-state index in [1.807, 2.05) is 24.3 Å². The molecule has 0 radical (unpaired) electrons. The van der Waals surface area contributed by atoms with Crippen molar-refractivity contribution in [3.63, 3.8) is 0 Å². The highest BCUT2D eigenvalue weighted by Crippen LogP contribution is 2.49. The molecule has 8 aromatic carbocycles. The molecule has 0 aliphatic rings. The molecule has 10 aromatic rings. The number of fused-ring (bicyclic) bond motifs is 6. The first-order valence-electron chi connectivity index (χ1n) is 19.8. The largest absolute Gasteiger partial charge is 0.309 e. The molecule has 276 valence electrons. The van der Waals surface area contributed by atoms with E-state index in [1.165, 1.54) is 64.2 Å². The SMILES string of the molecule is C=C/C(=C\C=C/C)c1ccccc1N(c1ccc(-c2ccc3ccccc3c2)cc1)c1ccccc1-c1cccc2c1sc1c3ccccc3n(-c3ccccc3)c21. The van der Waals surface area contributed by atoms with Crippen LogP contribution in [0.1, 0.15) is 12.5 Å². The molecule has 0 saturated heterocycles. The van der Waals surface area contributed by atoms with Gasteiger partial charge in [-0.25, -0.2) is 0 Å². The highest BCUT2D eigenvalue weighted by atomic mass is 32.1. The van der Waals surface area contributed by atoms with Crippen LogP contribution >= 0.6 is 11.3 Å². The van der Waals surface area contributed by atoms with E-state index in [-0.39, 0.29) is 0 Å². The minimum atomic E-state index is 1.06. The average molecular weight is 761 g/mol. The fourth-order valence-corrected chi connectivity index (χ4v) is 9.75. The van der Waals surface area contributed by atoms with E-state index in [4.69, 9.17) is 0 Å². The number of benzene rings is 8. The molecule has 0 unspecified atom stereocenters. The molecule has 2 nitrogen and oxygen atoms in total. The first kappa shape index (κ1) is 35.2. The van der Waals surface area contributed by atoms with E-state index in [9.17, 15) is 0 Å². The van der Waals surface area contributed by atoms with Crippen molar-refractivity contribution < 1.29 is 0 Å². The molecule has 2 heterocycles. The van der Waals surface area contributed by atoms with Gasteiger partial charge in [0.05, 0.1) is 27.1 Å². The third-order valence-corrected chi connectivity index (χ3v) is 12.4. The second-order valence-corrected chi connectivity index (χ2v) is 15.5. The smallest absolute Gasteiger partial charge is 0.0727 e. The van der Waals surface area contributed by atoms with Gasteiger partial charge in [0.2, 0.25) is 0 Å². The maximum Gasteiger partial charge on any atom is 0.0727 e. The quantitative estimate of drug-likeness (QED) is 0.133. The number of hydrogen-bond donors (Lipinski definition) is 0. The Hall–Kier alpha value is -7.20. The van der Waals surface area contributed by atoms with E-state index in [0.29, 0.717) is 0 Å². The van der Waals surface area contributed by atoms with E-state index >= 15 is 0 Å². The molecule has 0 fully saturated rings. The summed E-state index contributed by atoms with van der Waals surface area (Å²) >= 11 is 1.89. The summed E-state index contributed by atoms with van der Waals surface area (Å²) in [4.78, 5) is 2.42. The van der Waals surface area contributed by atoms with Crippen LogP contribution in [0.15, 0.2) is 219 Å². The first-order chi connectivity index (χ1) is 28.7. The van der Waals surface area contributed by atoms with Gasteiger partial charge in [0, 0.05) is 43.5 Å². The van der Waals surface area contributed by atoms with Crippen LogP contribution in [0.2, 0.25) is 0 Å². The monoisotopic (exact) mass is 760 g/mol. The lowest BCUT2D eigenvalue weighted by atomic mass is 9.97.